The molecular weight excluding hydrogens is 258 g/mol. The van der Waals surface area contributed by atoms with Crippen LogP contribution < -0.4 is 0 Å². The third kappa shape index (κ3) is 5.25. The van der Waals surface area contributed by atoms with Crippen LogP contribution in [0.4, 0.5) is 0 Å². The van der Waals surface area contributed by atoms with E-state index in [-0.39, 0.29) is 6.42 Å². The summed E-state index contributed by atoms with van der Waals surface area (Å²) in [6, 6.07) is 8.35. The van der Waals surface area contributed by atoms with Crippen molar-refractivity contribution in [2.24, 2.45) is 0 Å². The summed E-state index contributed by atoms with van der Waals surface area (Å²) in [6.45, 7) is 3.00. The molecule has 1 rings (SSSR count). The van der Waals surface area contributed by atoms with Crippen LogP contribution in [0.15, 0.2) is 24.3 Å². The number of nitrogens with zero attached hydrogens (tertiary/aromatic N) is 1. The highest BCUT2D eigenvalue weighted by Crippen LogP contribution is 2.16. The maximum atomic E-state index is 10.9. The molecule has 0 aromatic heterocycles. The third-order valence-corrected chi connectivity index (χ3v) is 4.05. The Kier molecular flexibility index (Phi) is 6.95. The lowest BCUT2D eigenvalue weighted by Gasteiger charge is -2.27. The van der Waals surface area contributed by atoms with E-state index < -0.39 is 5.97 Å². The Morgan fingerprint density at radius 2 is 2.00 bits per heavy atom. The SMILES string of the molecule is CCC(CSC)N(C)Cc1ccccc1CC(=O)O. The molecule has 0 aliphatic heterocycles. The van der Waals surface area contributed by atoms with Crippen molar-refractivity contribution in [1.82, 2.24) is 4.90 Å². The van der Waals surface area contributed by atoms with Gasteiger partial charge in [-0.3, -0.25) is 9.69 Å². The van der Waals surface area contributed by atoms with Crippen LogP contribution in [0.25, 0.3) is 0 Å². The zero-order valence-electron chi connectivity index (χ0n) is 11.9. The summed E-state index contributed by atoms with van der Waals surface area (Å²) in [5.74, 6) is 0.333. The summed E-state index contributed by atoms with van der Waals surface area (Å²) >= 11 is 1.85. The van der Waals surface area contributed by atoms with Gasteiger partial charge < -0.3 is 5.11 Å². The van der Waals surface area contributed by atoms with E-state index in [9.17, 15) is 4.79 Å². The fourth-order valence-corrected chi connectivity index (χ4v) is 3.07. The van der Waals surface area contributed by atoms with E-state index in [0.717, 1.165) is 29.8 Å². The Morgan fingerprint density at radius 1 is 1.37 bits per heavy atom. The number of thioether (sulfide) groups is 1. The zero-order chi connectivity index (χ0) is 14.3. The van der Waals surface area contributed by atoms with Gasteiger partial charge in [-0.2, -0.15) is 11.8 Å². The lowest BCUT2D eigenvalue weighted by atomic mass is 10.0. The molecule has 0 radical (unpaired) electrons. The molecule has 1 aromatic rings. The molecule has 0 heterocycles. The van der Waals surface area contributed by atoms with Crippen molar-refractivity contribution in [1.29, 1.82) is 0 Å². The number of aliphatic carboxylic acids is 1. The van der Waals surface area contributed by atoms with E-state index >= 15 is 0 Å². The van der Waals surface area contributed by atoms with Crippen molar-refractivity contribution in [2.75, 3.05) is 19.1 Å². The second-order valence-corrected chi connectivity index (χ2v) is 5.68. The van der Waals surface area contributed by atoms with Crippen LogP contribution in [0.3, 0.4) is 0 Å². The van der Waals surface area contributed by atoms with Gasteiger partial charge in [0.05, 0.1) is 6.42 Å². The molecule has 0 amide bonds. The molecule has 1 aromatic carbocycles. The number of hydrogen-bond acceptors (Lipinski definition) is 3. The van der Waals surface area contributed by atoms with Gasteiger partial charge in [-0.05, 0) is 30.9 Å². The first kappa shape index (κ1) is 16.1. The van der Waals surface area contributed by atoms with E-state index in [4.69, 9.17) is 5.11 Å². The second-order valence-electron chi connectivity index (χ2n) is 4.77. The van der Waals surface area contributed by atoms with Crippen molar-refractivity contribution in [2.45, 2.75) is 32.4 Å². The second kappa shape index (κ2) is 8.23. The van der Waals surface area contributed by atoms with Crippen LogP contribution in [0.1, 0.15) is 24.5 Å². The normalized spacial score (nSPS) is 12.6. The van der Waals surface area contributed by atoms with Crippen LogP contribution in [-0.2, 0) is 17.8 Å². The summed E-state index contributed by atoms with van der Waals surface area (Å²) in [4.78, 5) is 13.2. The average molecular weight is 281 g/mol. The lowest BCUT2D eigenvalue weighted by molar-refractivity contribution is -0.136. The monoisotopic (exact) mass is 281 g/mol. The summed E-state index contributed by atoms with van der Waals surface area (Å²) < 4.78 is 0. The topological polar surface area (TPSA) is 40.5 Å². The molecule has 3 nitrogen and oxygen atoms in total. The molecule has 0 bridgehead atoms. The van der Waals surface area contributed by atoms with Crippen LogP contribution >= 0.6 is 11.8 Å². The van der Waals surface area contributed by atoms with Crippen LogP contribution in [0, 0.1) is 0 Å². The molecule has 0 aliphatic rings. The summed E-state index contributed by atoms with van der Waals surface area (Å²) in [5, 5.41) is 8.95. The van der Waals surface area contributed by atoms with E-state index in [2.05, 4.69) is 25.1 Å². The number of carboxylic acid groups (broad SMARTS) is 1. The van der Waals surface area contributed by atoms with Gasteiger partial charge in [0, 0.05) is 18.3 Å². The standard InChI is InChI=1S/C15H23NO2S/c1-4-14(11-19-3)16(2)10-13-8-6-5-7-12(13)9-15(17)18/h5-8,14H,4,9-11H2,1-3H3,(H,17,18). The van der Waals surface area contributed by atoms with E-state index in [1.165, 1.54) is 0 Å². The molecule has 0 saturated carbocycles. The highest BCUT2D eigenvalue weighted by molar-refractivity contribution is 7.98. The largest absolute Gasteiger partial charge is 0.481 e. The number of carboxylic acids is 1. The van der Waals surface area contributed by atoms with Gasteiger partial charge >= 0.3 is 5.97 Å². The van der Waals surface area contributed by atoms with Gasteiger partial charge in [-0.1, -0.05) is 31.2 Å². The molecule has 1 atom stereocenters. The Bertz CT molecular complexity index is 409. The minimum atomic E-state index is -0.772. The van der Waals surface area contributed by atoms with Crippen molar-refractivity contribution in [3.63, 3.8) is 0 Å². The first-order valence-corrected chi connectivity index (χ1v) is 7.95. The Labute approximate surface area is 120 Å². The molecule has 0 aliphatic carbocycles. The lowest BCUT2D eigenvalue weighted by Crippen LogP contribution is -2.33. The molecule has 19 heavy (non-hydrogen) atoms. The summed E-state index contributed by atoms with van der Waals surface area (Å²) in [7, 11) is 2.11. The highest BCUT2D eigenvalue weighted by Gasteiger charge is 2.14. The zero-order valence-corrected chi connectivity index (χ0v) is 12.7. The fraction of sp³-hybridized carbons (Fsp3) is 0.533. The maximum absolute atomic E-state index is 10.9. The number of rotatable bonds is 8. The molecule has 106 valence electrons. The van der Waals surface area contributed by atoms with Crippen LogP contribution in [0.2, 0.25) is 0 Å². The average Bonchev–Trinajstić information content (AvgIpc) is 2.37. The van der Waals surface area contributed by atoms with Gasteiger partial charge in [0.25, 0.3) is 0 Å². The van der Waals surface area contributed by atoms with E-state index in [1.54, 1.807) is 0 Å². The van der Waals surface area contributed by atoms with Crippen molar-refractivity contribution < 1.29 is 9.90 Å². The molecular formula is C15H23NO2S. The minimum absolute atomic E-state index is 0.101. The van der Waals surface area contributed by atoms with Crippen molar-refractivity contribution >= 4 is 17.7 Å². The Morgan fingerprint density at radius 3 is 2.53 bits per heavy atom. The third-order valence-electron chi connectivity index (χ3n) is 3.33. The predicted octanol–water partition coefficient (Wildman–Crippen LogP) is 2.89. The number of carbonyl (C=O) groups is 1. The maximum Gasteiger partial charge on any atom is 0.307 e. The Hall–Kier alpha value is -1.00. The first-order valence-electron chi connectivity index (χ1n) is 6.56. The van der Waals surface area contributed by atoms with Gasteiger partial charge in [0.15, 0.2) is 0 Å². The number of hydrogen-bond donors (Lipinski definition) is 1. The van der Waals surface area contributed by atoms with E-state index in [1.807, 2.05) is 36.0 Å². The molecule has 0 spiro atoms. The Balaban J connectivity index is 2.77. The predicted molar refractivity (Wildman–Crippen MR) is 81.7 cm³/mol. The van der Waals surface area contributed by atoms with Gasteiger partial charge in [0.1, 0.15) is 0 Å². The summed E-state index contributed by atoms with van der Waals surface area (Å²) in [6.07, 6.45) is 3.33. The molecule has 4 heteroatoms. The van der Waals surface area contributed by atoms with E-state index in [0.29, 0.717) is 6.04 Å². The summed E-state index contributed by atoms with van der Waals surface area (Å²) in [5.41, 5.74) is 2.04. The number of benzene rings is 1. The smallest absolute Gasteiger partial charge is 0.307 e. The van der Waals surface area contributed by atoms with Crippen molar-refractivity contribution in [3.8, 4) is 0 Å². The first-order chi connectivity index (χ1) is 9.08. The highest BCUT2D eigenvalue weighted by atomic mass is 32.2. The molecule has 1 unspecified atom stereocenters. The minimum Gasteiger partial charge on any atom is -0.481 e. The van der Waals surface area contributed by atoms with Crippen LogP contribution in [0.5, 0.6) is 0 Å². The molecule has 0 fully saturated rings. The molecule has 1 N–H and O–H groups in total. The van der Waals surface area contributed by atoms with Gasteiger partial charge in [-0.15, -0.1) is 0 Å². The fourth-order valence-electron chi connectivity index (χ4n) is 2.19. The van der Waals surface area contributed by atoms with Crippen molar-refractivity contribution in [3.05, 3.63) is 35.4 Å². The van der Waals surface area contributed by atoms with Gasteiger partial charge in [0.2, 0.25) is 0 Å². The quantitative estimate of drug-likeness (QED) is 0.795. The van der Waals surface area contributed by atoms with Gasteiger partial charge in [-0.25, -0.2) is 0 Å². The van der Waals surface area contributed by atoms with Crippen LogP contribution in [-0.4, -0.2) is 41.1 Å². The molecule has 0 saturated heterocycles.